The molecule has 0 aromatic heterocycles. The van der Waals surface area contributed by atoms with E-state index in [4.69, 9.17) is 4.74 Å². The number of fused-ring (bicyclic) bond motifs is 1. The molecule has 4 nitrogen and oxygen atoms in total. The van der Waals surface area contributed by atoms with E-state index >= 15 is 0 Å². The van der Waals surface area contributed by atoms with Gasteiger partial charge in [-0.05, 0) is 30.4 Å². The van der Waals surface area contributed by atoms with Crippen LogP contribution in [0.15, 0.2) is 30.3 Å². The van der Waals surface area contributed by atoms with E-state index in [0.717, 1.165) is 25.1 Å². The first-order chi connectivity index (χ1) is 8.84. The molecule has 1 saturated heterocycles. The molecule has 3 rings (SSSR count). The van der Waals surface area contributed by atoms with Crippen molar-refractivity contribution in [3.8, 4) is 0 Å². The Bertz CT molecular complexity index is 409. The van der Waals surface area contributed by atoms with E-state index in [1.54, 1.807) is 0 Å². The molecule has 3 atom stereocenters. The largest absolute Gasteiger partial charge is 0.445 e. The number of carbonyl (C=O) groups is 1. The highest BCUT2D eigenvalue weighted by Gasteiger charge is 2.51. The normalized spacial score (nSPS) is 29.2. The third-order valence-electron chi connectivity index (χ3n) is 3.86. The summed E-state index contributed by atoms with van der Waals surface area (Å²) in [6.07, 6.45) is 0.868. The molecular formula is C14H18N2O2. The number of nitrogens with one attached hydrogen (secondary N) is 2. The van der Waals surface area contributed by atoms with Crippen molar-refractivity contribution in [1.82, 2.24) is 10.6 Å². The summed E-state index contributed by atoms with van der Waals surface area (Å²) in [4.78, 5) is 11.7. The van der Waals surface area contributed by atoms with E-state index in [9.17, 15) is 4.79 Å². The Morgan fingerprint density at radius 1 is 1.33 bits per heavy atom. The highest BCUT2D eigenvalue weighted by Crippen LogP contribution is 2.43. The van der Waals surface area contributed by atoms with Crippen molar-refractivity contribution in [1.29, 1.82) is 0 Å². The molecule has 1 aromatic carbocycles. The molecule has 4 heteroatoms. The Morgan fingerprint density at radius 2 is 2.17 bits per heavy atom. The van der Waals surface area contributed by atoms with Crippen molar-refractivity contribution in [3.63, 3.8) is 0 Å². The van der Waals surface area contributed by atoms with Crippen molar-refractivity contribution < 1.29 is 9.53 Å². The number of carbonyl (C=O) groups excluding carboxylic acids is 1. The molecule has 0 bridgehead atoms. The van der Waals surface area contributed by atoms with Gasteiger partial charge in [0.15, 0.2) is 0 Å². The summed E-state index contributed by atoms with van der Waals surface area (Å²) in [5.74, 6) is 1.28. The van der Waals surface area contributed by atoms with Crippen molar-refractivity contribution in [2.45, 2.75) is 19.1 Å². The minimum absolute atomic E-state index is 0.293. The molecular weight excluding hydrogens is 228 g/mol. The summed E-state index contributed by atoms with van der Waals surface area (Å²) in [6.45, 7) is 2.43. The molecule has 0 radical (unpaired) electrons. The molecule has 2 N–H and O–H groups in total. The van der Waals surface area contributed by atoms with Crippen molar-refractivity contribution >= 4 is 6.09 Å². The molecule has 18 heavy (non-hydrogen) atoms. The second-order valence-electron chi connectivity index (χ2n) is 5.05. The number of rotatable bonds is 3. The van der Waals surface area contributed by atoms with Crippen molar-refractivity contribution in [3.05, 3.63) is 35.9 Å². The smallest absolute Gasteiger partial charge is 0.407 e. The van der Waals surface area contributed by atoms with Crippen LogP contribution in [0.25, 0.3) is 0 Å². The molecule has 3 unspecified atom stereocenters. The first-order valence-electron chi connectivity index (χ1n) is 6.52. The molecule has 1 saturated carbocycles. The zero-order valence-electron chi connectivity index (χ0n) is 10.3. The number of hydrogen-bond acceptors (Lipinski definition) is 3. The lowest BCUT2D eigenvalue weighted by atomic mass is 10.2. The molecule has 1 aromatic rings. The highest BCUT2D eigenvalue weighted by atomic mass is 16.5. The molecule has 2 fully saturated rings. The number of piperidine rings is 1. The van der Waals surface area contributed by atoms with Gasteiger partial charge in [0.05, 0.1) is 0 Å². The zero-order valence-corrected chi connectivity index (χ0v) is 10.3. The fourth-order valence-corrected chi connectivity index (χ4v) is 2.77. The van der Waals surface area contributed by atoms with Gasteiger partial charge in [-0.15, -0.1) is 0 Å². The molecule has 1 amide bonds. The van der Waals surface area contributed by atoms with Crippen LogP contribution in [0.5, 0.6) is 0 Å². The van der Waals surface area contributed by atoms with Crippen LogP contribution in [-0.4, -0.2) is 25.2 Å². The Kier molecular flexibility index (Phi) is 3.19. The number of benzene rings is 1. The monoisotopic (exact) mass is 246 g/mol. The first kappa shape index (κ1) is 11.5. The van der Waals surface area contributed by atoms with E-state index in [-0.39, 0.29) is 6.09 Å². The van der Waals surface area contributed by atoms with Crippen LogP contribution in [0.2, 0.25) is 0 Å². The molecule has 1 aliphatic carbocycles. The van der Waals surface area contributed by atoms with Gasteiger partial charge in [-0.25, -0.2) is 4.79 Å². The third-order valence-corrected chi connectivity index (χ3v) is 3.86. The van der Waals surface area contributed by atoms with Gasteiger partial charge in [-0.2, -0.15) is 0 Å². The predicted octanol–water partition coefficient (Wildman–Crippen LogP) is 1.52. The van der Waals surface area contributed by atoms with E-state index in [2.05, 4.69) is 10.6 Å². The van der Waals surface area contributed by atoms with Crippen LogP contribution in [-0.2, 0) is 11.3 Å². The van der Waals surface area contributed by atoms with E-state index in [1.165, 1.54) is 0 Å². The Hall–Kier alpha value is -1.55. The number of alkyl carbamates (subject to hydrolysis) is 1. The maximum Gasteiger partial charge on any atom is 0.407 e. The maximum atomic E-state index is 11.7. The summed E-state index contributed by atoms with van der Waals surface area (Å²) in [6, 6.07) is 10.1. The Balaban J connectivity index is 1.43. The average Bonchev–Trinajstić information content (AvgIpc) is 3.11. The SMILES string of the molecule is O=C(NC1C2CCNCC21)OCc1ccccc1. The third kappa shape index (κ3) is 2.48. The molecule has 1 aliphatic heterocycles. The number of hydrogen-bond donors (Lipinski definition) is 2. The van der Waals surface area contributed by atoms with Crippen molar-refractivity contribution in [2.24, 2.45) is 11.8 Å². The number of amides is 1. The van der Waals surface area contributed by atoms with Gasteiger partial charge < -0.3 is 15.4 Å². The summed E-state index contributed by atoms with van der Waals surface area (Å²) in [5.41, 5.74) is 1.02. The molecule has 1 heterocycles. The summed E-state index contributed by atoms with van der Waals surface area (Å²) < 4.78 is 5.21. The van der Waals surface area contributed by atoms with Crippen LogP contribution in [0.4, 0.5) is 4.79 Å². The maximum absolute atomic E-state index is 11.7. The van der Waals surface area contributed by atoms with Gasteiger partial charge in [0, 0.05) is 12.6 Å². The van der Waals surface area contributed by atoms with Gasteiger partial charge in [0.1, 0.15) is 6.61 Å². The topological polar surface area (TPSA) is 50.4 Å². The Morgan fingerprint density at radius 3 is 2.89 bits per heavy atom. The number of ether oxygens (including phenoxy) is 1. The molecule has 96 valence electrons. The fourth-order valence-electron chi connectivity index (χ4n) is 2.77. The van der Waals surface area contributed by atoms with Crippen molar-refractivity contribution in [2.75, 3.05) is 13.1 Å². The Labute approximate surface area is 107 Å². The van der Waals surface area contributed by atoms with Crippen LogP contribution in [0.1, 0.15) is 12.0 Å². The van der Waals surface area contributed by atoms with Crippen LogP contribution in [0.3, 0.4) is 0 Å². The highest BCUT2D eigenvalue weighted by molar-refractivity contribution is 5.68. The van der Waals surface area contributed by atoms with Crippen LogP contribution < -0.4 is 10.6 Å². The first-order valence-corrected chi connectivity index (χ1v) is 6.52. The van der Waals surface area contributed by atoms with Gasteiger partial charge in [-0.1, -0.05) is 30.3 Å². The van der Waals surface area contributed by atoms with Crippen LogP contribution >= 0.6 is 0 Å². The molecule has 2 aliphatic rings. The van der Waals surface area contributed by atoms with E-state index in [1.807, 2.05) is 30.3 Å². The lowest BCUT2D eigenvalue weighted by Gasteiger charge is -2.07. The van der Waals surface area contributed by atoms with Gasteiger partial charge in [0.2, 0.25) is 0 Å². The average molecular weight is 246 g/mol. The lowest BCUT2D eigenvalue weighted by Crippen LogP contribution is -2.29. The van der Waals surface area contributed by atoms with E-state index in [0.29, 0.717) is 24.5 Å². The minimum Gasteiger partial charge on any atom is -0.445 e. The van der Waals surface area contributed by atoms with Crippen LogP contribution in [0, 0.1) is 11.8 Å². The van der Waals surface area contributed by atoms with E-state index < -0.39 is 0 Å². The standard InChI is InChI=1S/C14H18N2O2/c17-14(18-9-10-4-2-1-3-5-10)16-13-11-6-7-15-8-12(11)13/h1-5,11-13,15H,6-9H2,(H,16,17). The van der Waals surface area contributed by atoms with Gasteiger partial charge in [-0.3, -0.25) is 0 Å². The minimum atomic E-state index is -0.293. The summed E-state index contributed by atoms with van der Waals surface area (Å²) in [5, 5.41) is 6.31. The van der Waals surface area contributed by atoms with Gasteiger partial charge >= 0.3 is 6.09 Å². The summed E-state index contributed by atoms with van der Waals surface area (Å²) in [7, 11) is 0. The molecule has 0 spiro atoms. The fraction of sp³-hybridized carbons (Fsp3) is 0.500. The predicted molar refractivity (Wildman–Crippen MR) is 68.0 cm³/mol. The summed E-state index contributed by atoms with van der Waals surface area (Å²) >= 11 is 0. The zero-order chi connectivity index (χ0) is 12.4. The second-order valence-corrected chi connectivity index (χ2v) is 5.05. The quantitative estimate of drug-likeness (QED) is 0.850. The lowest BCUT2D eigenvalue weighted by molar-refractivity contribution is 0.138. The second kappa shape index (κ2) is 4.98. The van der Waals surface area contributed by atoms with Gasteiger partial charge in [0.25, 0.3) is 0 Å².